The fourth-order valence-electron chi connectivity index (χ4n) is 1.65. The maximum Gasteiger partial charge on any atom is 0.335 e. The molecule has 0 aliphatic rings. The number of nitrogens with two attached hydrogens (primary N) is 1. The minimum Gasteiger partial charge on any atom is -0.478 e. The van der Waals surface area contributed by atoms with E-state index >= 15 is 0 Å². The van der Waals surface area contributed by atoms with E-state index < -0.39 is 5.97 Å². The summed E-state index contributed by atoms with van der Waals surface area (Å²) in [5.41, 5.74) is 7.23. The molecule has 1 aromatic heterocycles. The summed E-state index contributed by atoms with van der Waals surface area (Å²) in [5.74, 6) is -0.0921. The molecule has 0 radical (unpaired) electrons. The highest BCUT2D eigenvalue weighted by Crippen LogP contribution is 2.28. The molecule has 0 bridgehead atoms. The van der Waals surface area contributed by atoms with Gasteiger partial charge in [-0.1, -0.05) is 0 Å². The summed E-state index contributed by atoms with van der Waals surface area (Å²) < 4.78 is 0. The van der Waals surface area contributed by atoms with Gasteiger partial charge < -0.3 is 20.7 Å². The van der Waals surface area contributed by atoms with Gasteiger partial charge in [0.1, 0.15) is 5.82 Å². The fraction of sp³-hybridized carbons (Fsp3) is 0.0833. The predicted molar refractivity (Wildman–Crippen MR) is 66.7 cm³/mol. The predicted octanol–water partition coefficient (Wildman–Crippen LogP) is 2.06. The van der Waals surface area contributed by atoms with Crippen LogP contribution in [0.25, 0.3) is 0 Å². The van der Waals surface area contributed by atoms with Gasteiger partial charge in [0.25, 0.3) is 0 Å². The van der Waals surface area contributed by atoms with Crippen molar-refractivity contribution < 1.29 is 9.90 Å². The van der Waals surface area contributed by atoms with E-state index in [9.17, 15) is 4.79 Å². The topological polar surface area (TPSA) is 82.3 Å². The van der Waals surface area contributed by atoms with Crippen molar-refractivity contribution in [3.8, 4) is 0 Å². The number of anilines is 3. The third kappa shape index (κ3) is 2.08. The Labute approximate surface area is 98.5 Å². The van der Waals surface area contributed by atoms with Crippen LogP contribution in [0.2, 0.25) is 0 Å². The summed E-state index contributed by atoms with van der Waals surface area (Å²) in [5, 5.41) is 8.85. The number of rotatable bonds is 3. The number of hydrogen-bond acceptors (Lipinski definition) is 3. The SMILES string of the molecule is CN(c1ccc[nH]1)c1ccc(C(=O)O)cc1N. The van der Waals surface area contributed by atoms with E-state index in [0.717, 1.165) is 11.5 Å². The zero-order valence-corrected chi connectivity index (χ0v) is 9.34. The van der Waals surface area contributed by atoms with E-state index in [1.807, 2.05) is 30.3 Å². The van der Waals surface area contributed by atoms with E-state index in [4.69, 9.17) is 10.8 Å². The second kappa shape index (κ2) is 4.21. The van der Waals surface area contributed by atoms with Crippen LogP contribution < -0.4 is 10.6 Å². The number of aromatic nitrogens is 1. The number of carboxylic acid groups (broad SMARTS) is 1. The summed E-state index contributed by atoms with van der Waals surface area (Å²) in [6.07, 6.45) is 1.81. The first-order valence-electron chi connectivity index (χ1n) is 5.09. The van der Waals surface area contributed by atoms with E-state index in [2.05, 4.69) is 4.98 Å². The van der Waals surface area contributed by atoms with Crippen molar-refractivity contribution in [2.75, 3.05) is 17.7 Å². The van der Waals surface area contributed by atoms with Crippen LogP contribution in [0.15, 0.2) is 36.5 Å². The molecule has 4 N–H and O–H groups in total. The Morgan fingerprint density at radius 2 is 2.18 bits per heavy atom. The van der Waals surface area contributed by atoms with Crippen LogP contribution in [0.1, 0.15) is 10.4 Å². The summed E-state index contributed by atoms with van der Waals surface area (Å²) in [7, 11) is 1.86. The van der Waals surface area contributed by atoms with Crippen LogP contribution in [0.3, 0.4) is 0 Å². The van der Waals surface area contributed by atoms with Gasteiger partial charge in [-0.3, -0.25) is 0 Å². The molecule has 0 amide bonds. The number of aromatic carboxylic acids is 1. The summed E-state index contributed by atoms with van der Waals surface area (Å²) in [6, 6.07) is 8.47. The molecule has 1 aromatic carbocycles. The summed E-state index contributed by atoms with van der Waals surface area (Å²) in [4.78, 5) is 15.7. The number of H-pyrrole nitrogens is 1. The standard InChI is InChI=1S/C12H13N3O2/c1-15(11-3-2-6-14-11)10-5-4-8(12(16)17)7-9(10)13/h2-7,14H,13H2,1H3,(H,16,17). The van der Waals surface area contributed by atoms with Gasteiger partial charge in [-0.2, -0.15) is 0 Å². The first-order chi connectivity index (χ1) is 8.09. The van der Waals surface area contributed by atoms with Gasteiger partial charge in [-0.25, -0.2) is 4.79 Å². The van der Waals surface area contributed by atoms with Gasteiger partial charge >= 0.3 is 5.97 Å². The number of hydrogen-bond donors (Lipinski definition) is 3. The molecule has 0 atom stereocenters. The Kier molecular flexibility index (Phi) is 2.74. The number of carbonyl (C=O) groups is 1. The molecule has 0 spiro atoms. The zero-order chi connectivity index (χ0) is 12.4. The van der Waals surface area contributed by atoms with E-state index in [-0.39, 0.29) is 5.56 Å². The highest BCUT2D eigenvalue weighted by molar-refractivity contribution is 5.91. The third-order valence-electron chi connectivity index (χ3n) is 2.58. The second-order valence-electron chi connectivity index (χ2n) is 3.69. The largest absolute Gasteiger partial charge is 0.478 e. The van der Waals surface area contributed by atoms with E-state index in [1.54, 1.807) is 6.07 Å². The molecule has 0 unspecified atom stereocenters. The number of carboxylic acids is 1. The van der Waals surface area contributed by atoms with Gasteiger partial charge in [0.2, 0.25) is 0 Å². The Morgan fingerprint density at radius 1 is 1.41 bits per heavy atom. The molecular weight excluding hydrogens is 218 g/mol. The van der Waals surface area contributed by atoms with Crippen LogP contribution >= 0.6 is 0 Å². The summed E-state index contributed by atoms with van der Waals surface area (Å²) >= 11 is 0. The molecule has 0 fully saturated rings. The highest BCUT2D eigenvalue weighted by atomic mass is 16.4. The van der Waals surface area contributed by atoms with Crippen LogP contribution in [0, 0.1) is 0 Å². The minimum absolute atomic E-state index is 0.186. The monoisotopic (exact) mass is 231 g/mol. The van der Waals surface area contributed by atoms with Crippen molar-refractivity contribution >= 4 is 23.2 Å². The molecule has 17 heavy (non-hydrogen) atoms. The Balaban J connectivity index is 2.37. The van der Waals surface area contributed by atoms with Crippen molar-refractivity contribution in [1.82, 2.24) is 4.98 Å². The molecule has 2 aromatic rings. The van der Waals surface area contributed by atoms with Crippen molar-refractivity contribution in [2.45, 2.75) is 0 Å². The van der Waals surface area contributed by atoms with Crippen LogP contribution in [0.4, 0.5) is 17.2 Å². The van der Waals surface area contributed by atoms with Crippen molar-refractivity contribution in [3.05, 3.63) is 42.1 Å². The van der Waals surface area contributed by atoms with Gasteiger partial charge in [-0.15, -0.1) is 0 Å². The zero-order valence-electron chi connectivity index (χ0n) is 9.34. The maximum absolute atomic E-state index is 10.8. The van der Waals surface area contributed by atoms with Crippen molar-refractivity contribution in [3.63, 3.8) is 0 Å². The van der Waals surface area contributed by atoms with Crippen LogP contribution in [-0.4, -0.2) is 23.1 Å². The number of nitrogens with zero attached hydrogens (tertiary/aromatic N) is 1. The summed E-state index contributed by atoms with van der Waals surface area (Å²) in [6.45, 7) is 0. The average Bonchev–Trinajstić information content (AvgIpc) is 2.81. The lowest BCUT2D eigenvalue weighted by atomic mass is 10.1. The quantitative estimate of drug-likeness (QED) is 0.706. The lowest BCUT2D eigenvalue weighted by molar-refractivity contribution is 0.0697. The first-order valence-corrected chi connectivity index (χ1v) is 5.09. The van der Waals surface area contributed by atoms with Crippen molar-refractivity contribution in [1.29, 1.82) is 0 Å². The van der Waals surface area contributed by atoms with Crippen LogP contribution in [-0.2, 0) is 0 Å². The molecule has 88 valence electrons. The normalized spacial score (nSPS) is 10.2. The van der Waals surface area contributed by atoms with Crippen LogP contribution in [0.5, 0.6) is 0 Å². The van der Waals surface area contributed by atoms with E-state index in [0.29, 0.717) is 5.69 Å². The van der Waals surface area contributed by atoms with Gasteiger partial charge in [0.15, 0.2) is 0 Å². The molecule has 0 saturated heterocycles. The lowest BCUT2D eigenvalue weighted by Crippen LogP contribution is -2.12. The number of nitrogen functional groups attached to an aromatic ring is 1. The second-order valence-corrected chi connectivity index (χ2v) is 3.69. The van der Waals surface area contributed by atoms with Crippen molar-refractivity contribution in [2.24, 2.45) is 0 Å². The first kappa shape index (κ1) is 11.1. The fourth-order valence-corrected chi connectivity index (χ4v) is 1.65. The molecular formula is C12H13N3O2. The molecule has 5 nitrogen and oxygen atoms in total. The maximum atomic E-state index is 10.8. The molecule has 0 saturated carbocycles. The molecule has 2 rings (SSSR count). The van der Waals surface area contributed by atoms with Gasteiger partial charge in [0.05, 0.1) is 16.9 Å². The van der Waals surface area contributed by atoms with Gasteiger partial charge in [0, 0.05) is 13.2 Å². The third-order valence-corrected chi connectivity index (χ3v) is 2.58. The molecule has 0 aliphatic heterocycles. The molecule has 1 heterocycles. The number of aromatic amines is 1. The smallest absolute Gasteiger partial charge is 0.335 e. The molecule has 0 aliphatic carbocycles. The highest BCUT2D eigenvalue weighted by Gasteiger charge is 2.11. The van der Waals surface area contributed by atoms with Gasteiger partial charge in [-0.05, 0) is 30.3 Å². The van der Waals surface area contributed by atoms with E-state index in [1.165, 1.54) is 12.1 Å². The lowest BCUT2D eigenvalue weighted by Gasteiger charge is -2.19. The number of benzene rings is 1. The molecule has 5 heteroatoms. The average molecular weight is 231 g/mol. The Bertz CT molecular complexity index is 535. The Hall–Kier alpha value is -2.43. The number of nitrogens with one attached hydrogen (secondary N) is 1. The Morgan fingerprint density at radius 3 is 2.71 bits per heavy atom. The minimum atomic E-state index is -0.981.